The van der Waals surface area contributed by atoms with Crippen LogP contribution >= 0.6 is 0 Å². The third-order valence-electron chi connectivity index (χ3n) is 4.41. The number of sulfonamides is 1. The highest BCUT2D eigenvalue weighted by atomic mass is 32.2. The lowest BCUT2D eigenvalue weighted by Crippen LogP contribution is -1.96. The highest BCUT2D eigenvalue weighted by molar-refractivity contribution is 7.90. The van der Waals surface area contributed by atoms with Gasteiger partial charge in [-0.1, -0.05) is 83.3 Å². The summed E-state index contributed by atoms with van der Waals surface area (Å²) in [4.78, 5) is 2.46. The van der Waals surface area contributed by atoms with E-state index in [4.69, 9.17) is 5.53 Å². The lowest BCUT2D eigenvalue weighted by molar-refractivity contribution is 0.549. The third kappa shape index (κ3) is 9.51. The Morgan fingerprint density at radius 2 is 1.48 bits per heavy atom. The van der Waals surface area contributed by atoms with E-state index in [0.717, 1.165) is 18.4 Å². The van der Waals surface area contributed by atoms with Gasteiger partial charge in [-0.3, -0.25) is 0 Å². The quantitative estimate of drug-likeness (QED) is 0.162. The van der Waals surface area contributed by atoms with Crippen molar-refractivity contribution >= 4 is 10.0 Å². The van der Waals surface area contributed by atoms with Crippen LogP contribution in [0.5, 0.6) is 0 Å². The second-order valence-electron chi connectivity index (χ2n) is 6.58. The molecule has 0 N–H and O–H groups in total. The predicted octanol–water partition coefficient (Wildman–Crippen LogP) is 6.54. The van der Waals surface area contributed by atoms with Crippen molar-refractivity contribution in [3.05, 3.63) is 40.3 Å². The number of unbranched alkanes of at least 4 members (excludes halogenated alkanes) is 10. The van der Waals surface area contributed by atoms with Crippen molar-refractivity contribution in [1.29, 1.82) is 0 Å². The van der Waals surface area contributed by atoms with Gasteiger partial charge in [0.05, 0.1) is 4.90 Å². The smallest absolute Gasteiger partial charge is 0.216 e. The number of hydrogen-bond acceptors (Lipinski definition) is 2. The molecule has 25 heavy (non-hydrogen) atoms. The number of benzene rings is 1. The molecule has 0 aliphatic heterocycles. The number of nitrogens with zero attached hydrogens (tertiary/aromatic N) is 3. The monoisotopic (exact) mass is 365 g/mol. The maximum absolute atomic E-state index is 11.7. The molecule has 0 amide bonds. The van der Waals surface area contributed by atoms with Gasteiger partial charge in [0.2, 0.25) is 0 Å². The van der Waals surface area contributed by atoms with E-state index < -0.39 is 10.0 Å². The molecule has 0 saturated heterocycles. The molecule has 0 fully saturated rings. The van der Waals surface area contributed by atoms with Crippen LogP contribution in [-0.4, -0.2) is 8.42 Å². The summed E-state index contributed by atoms with van der Waals surface area (Å²) in [6.45, 7) is 2.25. The summed E-state index contributed by atoms with van der Waals surface area (Å²) >= 11 is 0. The van der Waals surface area contributed by atoms with Crippen LogP contribution in [0.15, 0.2) is 33.7 Å². The van der Waals surface area contributed by atoms with E-state index in [0.29, 0.717) is 0 Å². The van der Waals surface area contributed by atoms with Gasteiger partial charge in [0.1, 0.15) is 0 Å². The van der Waals surface area contributed by atoms with E-state index in [2.05, 4.69) is 16.4 Å². The Bertz CT molecular complexity index is 638. The Kier molecular flexibility index (Phi) is 11.0. The maximum atomic E-state index is 11.7. The number of rotatable bonds is 14. The van der Waals surface area contributed by atoms with Crippen LogP contribution in [0.3, 0.4) is 0 Å². The SMILES string of the molecule is CCCCCCCCCCCCCc1cccc(S(=O)(=O)N=[N+]=[N-])c1. The Labute approximate surface area is 152 Å². The van der Waals surface area contributed by atoms with Gasteiger partial charge in [-0.2, -0.15) is 0 Å². The van der Waals surface area contributed by atoms with Crippen molar-refractivity contribution in [2.75, 3.05) is 0 Å². The first-order chi connectivity index (χ1) is 12.1. The highest BCUT2D eigenvalue weighted by Gasteiger charge is 2.11. The first kappa shape index (κ1) is 21.5. The zero-order valence-corrected chi connectivity index (χ0v) is 16.2. The largest absolute Gasteiger partial charge is 0.264 e. The van der Waals surface area contributed by atoms with Crippen LogP contribution < -0.4 is 0 Å². The standard InChI is InChI=1S/C19H31N3O2S/c1-2-3-4-5-6-7-8-9-10-11-12-14-18-15-13-16-19(17-18)25(23,24)22-21-20/h13,15-17H,2-12,14H2,1H3. The van der Waals surface area contributed by atoms with Gasteiger partial charge in [0.25, 0.3) is 10.0 Å². The summed E-state index contributed by atoms with van der Waals surface area (Å²) < 4.78 is 26.3. The zero-order valence-electron chi connectivity index (χ0n) is 15.4. The molecule has 0 aliphatic carbocycles. The van der Waals surface area contributed by atoms with Gasteiger partial charge in [0, 0.05) is 9.43 Å². The lowest BCUT2D eigenvalue weighted by Gasteiger charge is -2.05. The minimum absolute atomic E-state index is 0.0749. The van der Waals surface area contributed by atoms with E-state index in [1.54, 1.807) is 12.1 Å². The molecule has 0 aromatic heterocycles. The Morgan fingerprint density at radius 3 is 2.04 bits per heavy atom. The van der Waals surface area contributed by atoms with Crippen LogP contribution in [0, 0.1) is 0 Å². The molecular weight excluding hydrogens is 334 g/mol. The fraction of sp³-hybridized carbons (Fsp3) is 0.684. The second-order valence-corrected chi connectivity index (χ2v) is 8.16. The molecule has 1 rings (SSSR count). The van der Waals surface area contributed by atoms with Crippen molar-refractivity contribution in [3.63, 3.8) is 0 Å². The van der Waals surface area contributed by atoms with Gasteiger partial charge >= 0.3 is 0 Å². The zero-order chi connectivity index (χ0) is 18.4. The fourth-order valence-corrected chi connectivity index (χ4v) is 3.69. The van der Waals surface area contributed by atoms with Crippen molar-refractivity contribution < 1.29 is 8.42 Å². The fourth-order valence-electron chi connectivity index (χ4n) is 2.95. The Morgan fingerprint density at radius 1 is 0.920 bits per heavy atom. The van der Waals surface area contributed by atoms with E-state index >= 15 is 0 Å². The van der Waals surface area contributed by atoms with Crippen molar-refractivity contribution in [1.82, 2.24) is 0 Å². The molecular formula is C19H31N3O2S. The van der Waals surface area contributed by atoms with Crippen LogP contribution in [0.4, 0.5) is 0 Å². The van der Waals surface area contributed by atoms with Crippen molar-refractivity contribution in [3.8, 4) is 0 Å². The molecule has 0 unspecified atom stereocenters. The summed E-state index contributed by atoms with van der Waals surface area (Å²) in [6.07, 6.45) is 15.1. The number of hydrogen-bond donors (Lipinski definition) is 0. The summed E-state index contributed by atoms with van der Waals surface area (Å²) in [6, 6.07) is 6.70. The first-order valence-corrected chi connectivity index (χ1v) is 10.9. The van der Waals surface area contributed by atoms with Crippen molar-refractivity contribution in [2.45, 2.75) is 88.9 Å². The summed E-state index contributed by atoms with van der Waals surface area (Å²) in [5.41, 5.74) is 9.30. The molecule has 5 nitrogen and oxygen atoms in total. The molecule has 0 radical (unpaired) electrons. The summed E-state index contributed by atoms with van der Waals surface area (Å²) in [5.74, 6) is 0. The van der Waals surface area contributed by atoms with Gasteiger partial charge in [-0.15, -0.1) is 0 Å². The van der Waals surface area contributed by atoms with E-state index in [1.165, 1.54) is 70.3 Å². The van der Waals surface area contributed by atoms with Crippen molar-refractivity contribution in [2.24, 2.45) is 4.52 Å². The van der Waals surface area contributed by atoms with E-state index in [-0.39, 0.29) is 4.90 Å². The summed E-state index contributed by atoms with van der Waals surface area (Å²) in [7, 11) is -3.88. The minimum atomic E-state index is -3.88. The Balaban J connectivity index is 2.17. The molecule has 140 valence electrons. The third-order valence-corrected chi connectivity index (χ3v) is 5.55. The highest BCUT2D eigenvalue weighted by Crippen LogP contribution is 2.17. The topological polar surface area (TPSA) is 82.9 Å². The second kappa shape index (κ2) is 12.8. The lowest BCUT2D eigenvalue weighted by atomic mass is 10.0. The average molecular weight is 366 g/mol. The molecule has 1 aromatic carbocycles. The maximum Gasteiger partial charge on any atom is 0.264 e. The van der Waals surface area contributed by atoms with Crippen LogP contribution in [0.1, 0.15) is 83.1 Å². The Hall–Kier alpha value is -1.52. The molecule has 0 atom stereocenters. The van der Waals surface area contributed by atoms with E-state index in [1.807, 2.05) is 6.07 Å². The molecule has 6 heteroatoms. The van der Waals surface area contributed by atoms with Gasteiger partial charge in [0.15, 0.2) is 0 Å². The molecule has 0 heterocycles. The van der Waals surface area contributed by atoms with Crippen LogP contribution in [0.2, 0.25) is 0 Å². The molecule has 0 saturated carbocycles. The van der Waals surface area contributed by atoms with Gasteiger partial charge < -0.3 is 0 Å². The average Bonchev–Trinajstić information content (AvgIpc) is 2.60. The molecule has 0 spiro atoms. The normalized spacial score (nSPS) is 11.2. The van der Waals surface area contributed by atoms with Gasteiger partial charge in [-0.05, 0) is 36.1 Å². The first-order valence-electron chi connectivity index (χ1n) is 9.50. The van der Waals surface area contributed by atoms with Crippen LogP contribution in [0.25, 0.3) is 10.4 Å². The molecule has 1 aromatic rings. The summed E-state index contributed by atoms with van der Waals surface area (Å²) in [5, 5.41) is 0. The van der Waals surface area contributed by atoms with E-state index in [9.17, 15) is 8.42 Å². The number of azide groups is 1. The van der Waals surface area contributed by atoms with Gasteiger partial charge in [-0.25, -0.2) is 8.42 Å². The predicted molar refractivity (Wildman–Crippen MR) is 103 cm³/mol. The molecule has 0 aliphatic rings. The van der Waals surface area contributed by atoms with Crippen LogP contribution in [-0.2, 0) is 16.4 Å². The number of aryl methyl sites for hydroxylation is 1. The molecule has 0 bridgehead atoms. The minimum Gasteiger partial charge on any atom is -0.216 e.